The van der Waals surface area contributed by atoms with Crippen molar-refractivity contribution >= 4 is 12.0 Å². The fraction of sp³-hybridized carbons (Fsp3) is 0.476. The van der Waals surface area contributed by atoms with Crippen molar-refractivity contribution in [2.75, 3.05) is 26.2 Å². The Balaban J connectivity index is 1.58. The van der Waals surface area contributed by atoms with Crippen molar-refractivity contribution in [1.82, 2.24) is 19.6 Å². The molecular formula is C21H28N4O3. The average molecular weight is 384 g/mol. The number of hydrogen-bond donors (Lipinski definition) is 0. The van der Waals surface area contributed by atoms with Crippen molar-refractivity contribution in [2.24, 2.45) is 0 Å². The van der Waals surface area contributed by atoms with Crippen molar-refractivity contribution in [2.45, 2.75) is 39.3 Å². The Morgan fingerprint density at radius 2 is 1.71 bits per heavy atom. The molecule has 7 nitrogen and oxygen atoms in total. The molecule has 1 aromatic heterocycles. The van der Waals surface area contributed by atoms with E-state index in [-0.39, 0.29) is 12.0 Å². The number of amides is 2. The molecule has 0 radical (unpaired) electrons. The molecule has 1 saturated heterocycles. The summed E-state index contributed by atoms with van der Waals surface area (Å²) in [5.74, 6) is -0.00308. The maximum absolute atomic E-state index is 12.9. The van der Waals surface area contributed by atoms with Crippen molar-refractivity contribution in [3.8, 4) is 0 Å². The van der Waals surface area contributed by atoms with E-state index in [1.807, 2.05) is 66.9 Å². The van der Waals surface area contributed by atoms with Gasteiger partial charge in [0.1, 0.15) is 5.60 Å². The van der Waals surface area contributed by atoms with Crippen LogP contribution in [0, 0.1) is 0 Å². The molecule has 2 heterocycles. The normalized spacial score (nSPS) is 15.2. The minimum atomic E-state index is -0.517. The van der Waals surface area contributed by atoms with Crippen LogP contribution in [0.25, 0.3) is 0 Å². The van der Waals surface area contributed by atoms with Crippen LogP contribution in [0.1, 0.15) is 43.1 Å². The van der Waals surface area contributed by atoms with Crippen LogP contribution < -0.4 is 0 Å². The largest absolute Gasteiger partial charge is 0.444 e. The number of hydrogen-bond acceptors (Lipinski definition) is 4. The molecular weight excluding hydrogens is 356 g/mol. The molecule has 0 atom stereocenters. The lowest BCUT2D eigenvalue weighted by atomic mass is 10.1. The van der Waals surface area contributed by atoms with Gasteiger partial charge in [0.2, 0.25) is 0 Å². The first-order valence-electron chi connectivity index (χ1n) is 9.65. The zero-order valence-electron chi connectivity index (χ0n) is 16.8. The van der Waals surface area contributed by atoms with Crippen LogP contribution in [-0.2, 0) is 11.3 Å². The summed E-state index contributed by atoms with van der Waals surface area (Å²) in [6, 6.07) is 9.52. The maximum Gasteiger partial charge on any atom is 0.410 e. The summed E-state index contributed by atoms with van der Waals surface area (Å²) < 4.78 is 7.29. The summed E-state index contributed by atoms with van der Waals surface area (Å²) in [5, 5.41) is 4.20. The van der Waals surface area contributed by atoms with E-state index < -0.39 is 5.60 Å². The summed E-state index contributed by atoms with van der Waals surface area (Å²) in [5.41, 5.74) is 1.23. The van der Waals surface area contributed by atoms with Crippen LogP contribution >= 0.6 is 0 Å². The Labute approximate surface area is 165 Å². The van der Waals surface area contributed by atoms with Gasteiger partial charge >= 0.3 is 6.09 Å². The predicted octanol–water partition coefficient (Wildman–Crippen LogP) is 3.01. The summed E-state index contributed by atoms with van der Waals surface area (Å²) in [6.45, 7) is 8.47. The van der Waals surface area contributed by atoms with Gasteiger partial charge in [-0.15, -0.1) is 0 Å². The van der Waals surface area contributed by atoms with Gasteiger partial charge in [-0.2, -0.15) is 5.10 Å². The van der Waals surface area contributed by atoms with E-state index in [4.69, 9.17) is 4.74 Å². The SMILES string of the molecule is CC(C)(C)OC(=O)N1CCCN(C(=O)c2ccc(Cn3cccn3)cc2)CC1. The molecule has 2 amide bonds. The fourth-order valence-corrected chi connectivity index (χ4v) is 3.15. The van der Waals surface area contributed by atoms with E-state index in [1.54, 1.807) is 11.1 Å². The van der Waals surface area contributed by atoms with Gasteiger partial charge in [0.15, 0.2) is 0 Å². The van der Waals surface area contributed by atoms with Gasteiger partial charge in [-0.05, 0) is 51.0 Å². The first-order valence-corrected chi connectivity index (χ1v) is 9.65. The minimum Gasteiger partial charge on any atom is -0.444 e. The molecule has 1 aliphatic heterocycles. The third kappa shape index (κ3) is 5.34. The minimum absolute atomic E-state index is 0.00308. The highest BCUT2D eigenvalue weighted by Crippen LogP contribution is 2.14. The molecule has 1 aromatic carbocycles. The van der Waals surface area contributed by atoms with Gasteiger partial charge in [0.05, 0.1) is 6.54 Å². The summed E-state index contributed by atoms with van der Waals surface area (Å²) >= 11 is 0. The number of aromatic nitrogens is 2. The van der Waals surface area contributed by atoms with E-state index in [1.165, 1.54) is 0 Å². The average Bonchev–Trinajstić information content (AvgIpc) is 3.01. The molecule has 0 unspecified atom stereocenters. The van der Waals surface area contributed by atoms with Crippen LogP contribution in [0.15, 0.2) is 42.7 Å². The predicted molar refractivity (Wildman–Crippen MR) is 106 cm³/mol. The highest BCUT2D eigenvalue weighted by Gasteiger charge is 2.26. The van der Waals surface area contributed by atoms with Crippen molar-refractivity contribution in [1.29, 1.82) is 0 Å². The van der Waals surface area contributed by atoms with Gasteiger partial charge in [-0.1, -0.05) is 12.1 Å². The second-order valence-corrected chi connectivity index (χ2v) is 8.01. The van der Waals surface area contributed by atoms with Crippen LogP contribution in [0.5, 0.6) is 0 Å². The quantitative estimate of drug-likeness (QED) is 0.816. The van der Waals surface area contributed by atoms with Gasteiger partial charge < -0.3 is 14.5 Å². The lowest BCUT2D eigenvalue weighted by Gasteiger charge is -2.26. The zero-order valence-corrected chi connectivity index (χ0v) is 16.8. The lowest BCUT2D eigenvalue weighted by molar-refractivity contribution is 0.0255. The molecule has 0 bridgehead atoms. The van der Waals surface area contributed by atoms with Crippen LogP contribution in [0.4, 0.5) is 4.79 Å². The molecule has 150 valence electrons. The van der Waals surface area contributed by atoms with Gasteiger partial charge in [-0.3, -0.25) is 9.48 Å². The van der Waals surface area contributed by atoms with Crippen LogP contribution in [0.2, 0.25) is 0 Å². The number of ether oxygens (including phenoxy) is 1. The van der Waals surface area contributed by atoms with Crippen LogP contribution in [0.3, 0.4) is 0 Å². The van der Waals surface area contributed by atoms with E-state index in [0.29, 0.717) is 38.3 Å². The van der Waals surface area contributed by atoms with Gasteiger partial charge in [0, 0.05) is 44.1 Å². The molecule has 2 aromatic rings. The summed E-state index contributed by atoms with van der Waals surface area (Å²) in [6.07, 6.45) is 4.08. The van der Waals surface area contributed by atoms with Crippen molar-refractivity contribution in [3.05, 3.63) is 53.9 Å². The number of carbonyl (C=O) groups excluding carboxylic acids is 2. The monoisotopic (exact) mass is 384 g/mol. The number of rotatable bonds is 3. The van der Waals surface area contributed by atoms with E-state index in [9.17, 15) is 9.59 Å². The highest BCUT2D eigenvalue weighted by molar-refractivity contribution is 5.94. The molecule has 0 N–H and O–H groups in total. The lowest BCUT2D eigenvalue weighted by Crippen LogP contribution is -2.40. The highest BCUT2D eigenvalue weighted by atomic mass is 16.6. The molecule has 0 spiro atoms. The molecule has 1 aliphatic rings. The standard InChI is InChI=1S/C21H28N4O3/c1-21(2,3)28-20(27)24-12-5-11-23(14-15-24)19(26)18-8-6-17(7-9-18)16-25-13-4-10-22-25/h4,6-10,13H,5,11-12,14-16H2,1-3H3. The topological polar surface area (TPSA) is 67.7 Å². The molecule has 1 fully saturated rings. The number of benzene rings is 1. The molecule has 3 rings (SSSR count). The Morgan fingerprint density at radius 3 is 2.36 bits per heavy atom. The number of nitrogens with zero attached hydrogens (tertiary/aromatic N) is 4. The Bertz CT molecular complexity index is 794. The summed E-state index contributed by atoms with van der Waals surface area (Å²) in [4.78, 5) is 28.6. The maximum atomic E-state index is 12.9. The first kappa shape index (κ1) is 19.9. The Kier molecular flexibility index (Phi) is 6.02. The van der Waals surface area contributed by atoms with E-state index >= 15 is 0 Å². The van der Waals surface area contributed by atoms with Crippen LogP contribution in [-0.4, -0.2) is 63.4 Å². The van der Waals surface area contributed by atoms with E-state index in [2.05, 4.69) is 5.10 Å². The Hall–Kier alpha value is -2.83. The molecule has 0 aliphatic carbocycles. The zero-order chi connectivity index (χ0) is 20.1. The van der Waals surface area contributed by atoms with Crippen molar-refractivity contribution in [3.63, 3.8) is 0 Å². The van der Waals surface area contributed by atoms with E-state index in [0.717, 1.165) is 12.0 Å². The second kappa shape index (κ2) is 8.46. The van der Waals surface area contributed by atoms with Crippen molar-refractivity contribution < 1.29 is 14.3 Å². The number of carbonyl (C=O) groups is 2. The molecule has 7 heteroatoms. The second-order valence-electron chi connectivity index (χ2n) is 8.01. The molecule has 28 heavy (non-hydrogen) atoms. The van der Waals surface area contributed by atoms with Gasteiger partial charge in [-0.25, -0.2) is 4.79 Å². The summed E-state index contributed by atoms with van der Waals surface area (Å²) in [7, 11) is 0. The third-order valence-electron chi connectivity index (χ3n) is 4.54. The fourth-order valence-electron chi connectivity index (χ4n) is 3.15. The smallest absolute Gasteiger partial charge is 0.410 e. The first-order chi connectivity index (χ1) is 13.3. The molecule has 0 saturated carbocycles. The Morgan fingerprint density at radius 1 is 1.04 bits per heavy atom. The third-order valence-corrected chi connectivity index (χ3v) is 4.54. The van der Waals surface area contributed by atoms with Gasteiger partial charge in [0.25, 0.3) is 5.91 Å².